The number of benzene rings is 2. The van der Waals surface area contributed by atoms with E-state index in [1.165, 1.54) is 12.0 Å². The average Bonchev–Trinajstić information content (AvgIpc) is 2.67. The van der Waals surface area contributed by atoms with Gasteiger partial charge in [-0.25, -0.2) is 4.98 Å². The SMILES string of the molecule is Cc1ccc(-c2cc([C@@H](O)[C@H]3CC(C)CCN3)c3ccccc3n2)cc1. The first-order valence-corrected chi connectivity index (χ1v) is 9.50. The van der Waals surface area contributed by atoms with Crippen LogP contribution in [0.3, 0.4) is 0 Å². The smallest absolute Gasteiger partial charge is 0.0950 e. The number of hydrogen-bond acceptors (Lipinski definition) is 3. The number of aliphatic hydroxyl groups is 1. The van der Waals surface area contributed by atoms with Crippen LogP contribution in [0.4, 0.5) is 0 Å². The van der Waals surface area contributed by atoms with Crippen LogP contribution in [0.15, 0.2) is 54.6 Å². The Kier molecular flexibility index (Phi) is 4.75. The van der Waals surface area contributed by atoms with Crippen molar-refractivity contribution in [3.05, 3.63) is 65.7 Å². The van der Waals surface area contributed by atoms with E-state index in [2.05, 4.69) is 55.6 Å². The van der Waals surface area contributed by atoms with Crippen molar-refractivity contribution in [2.24, 2.45) is 5.92 Å². The standard InChI is InChI=1S/C23H26N2O/c1-15-7-9-17(10-8-15)21-14-19(18-5-3-4-6-20(18)25-21)23(26)22-13-16(2)11-12-24-22/h3-10,14,16,22-24,26H,11-13H2,1-2H3/t16?,22-,23-/m1/s1. The Morgan fingerprint density at radius 2 is 1.88 bits per heavy atom. The summed E-state index contributed by atoms with van der Waals surface area (Å²) in [6.07, 6.45) is 1.64. The molecule has 3 atom stereocenters. The van der Waals surface area contributed by atoms with Gasteiger partial charge in [-0.15, -0.1) is 0 Å². The lowest BCUT2D eigenvalue weighted by Gasteiger charge is -2.32. The van der Waals surface area contributed by atoms with Gasteiger partial charge < -0.3 is 10.4 Å². The Morgan fingerprint density at radius 1 is 1.12 bits per heavy atom. The number of aliphatic hydroxyl groups excluding tert-OH is 1. The zero-order valence-electron chi connectivity index (χ0n) is 15.4. The predicted molar refractivity (Wildman–Crippen MR) is 107 cm³/mol. The fourth-order valence-electron chi connectivity index (χ4n) is 3.93. The summed E-state index contributed by atoms with van der Waals surface area (Å²) in [7, 11) is 0. The minimum atomic E-state index is -0.533. The van der Waals surface area contributed by atoms with Gasteiger partial charge in [-0.1, -0.05) is 55.0 Å². The van der Waals surface area contributed by atoms with E-state index in [1.807, 2.05) is 18.2 Å². The molecular formula is C23H26N2O. The molecule has 1 saturated heterocycles. The van der Waals surface area contributed by atoms with Crippen molar-refractivity contribution in [2.75, 3.05) is 6.54 Å². The molecule has 2 aromatic carbocycles. The maximum Gasteiger partial charge on any atom is 0.0950 e. The summed E-state index contributed by atoms with van der Waals surface area (Å²) in [6.45, 7) is 5.32. The highest BCUT2D eigenvalue weighted by Gasteiger charge is 2.27. The maximum absolute atomic E-state index is 11.2. The third kappa shape index (κ3) is 3.37. The van der Waals surface area contributed by atoms with Crippen LogP contribution >= 0.6 is 0 Å². The van der Waals surface area contributed by atoms with Crippen molar-refractivity contribution in [1.82, 2.24) is 10.3 Å². The van der Waals surface area contributed by atoms with Crippen LogP contribution in [-0.4, -0.2) is 22.7 Å². The molecule has 1 unspecified atom stereocenters. The highest BCUT2D eigenvalue weighted by Crippen LogP contribution is 2.33. The number of nitrogens with zero attached hydrogens (tertiary/aromatic N) is 1. The van der Waals surface area contributed by atoms with Gasteiger partial charge >= 0.3 is 0 Å². The molecule has 1 aliphatic rings. The van der Waals surface area contributed by atoms with Gasteiger partial charge in [0.2, 0.25) is 0 Å². The van der Waals surface area contributed by atoms with Crippen LogP contribution in [0.5, 0.6) is 0 Å². The van der Waals surface area contributed by atoms with Crippen LogP contribution in [0.25, 0.3) is 22.2 Å². The van der Waals surface area contributed by atoms with Gasteiger partial charge in [0.1, 0.15) is 0 Å². The summed E-state index contributed by atoms with van der Waals surface area (Å²) < 4.78 is 0. The molecule has 134 valence electrons. The zero-order chi connectivity index (χ0) is 18.1. The molecule has 3 nitrogen and oxygen atoms in total. The molecule has 1 fully saturated rings. The van der Waals surface area contributed by atoms with Gasteiger partial charge in [-0.05, 0) is 49.9 Å². The molecule has 3 heteroatoms. The molecule has 3 aromatic rings. The second-order valence-corrected chi connectivity index (χ2v) is 7.61. The maximum atomic E-state index is 11.2. The quantitative estimate of drug-likeness (QED) is 0.727. The first kappa shape index (κ1) is 17.2. The molecule has 1 aromatic heterocycles. The molecule has 2 heterocycles. The predicted octanol–water partition coefficient (Wildman–Crippen LogP) is 4.63. The van der Waals surface area contributed by atoms with E-state index in [9.17, 15) is 5.11 Å². The first-order valence-electron chi connectivity index (χ1n) is 9.50. The summed E-state index contributed by atoms with van der Waals surface area (Å²) >= 11 is 0. The zero-order valence-corrected chi connectivity index (χ0v) is 15.4. The number of para-hydroxylation sites is 1. The highest BCUT2D eigenvalue weighted by atomic mass is 16.3. The van der Waals surface area contributed by atoms with Gasteiger partial charge in [-0.3, -0.25) is 0 Å². The van der Waals surface area contributed by atoms with Crippen LogP contribution < -0.4 is 5.32 Å². The third-order valence-electron chi connectivity index (χ3n) is 5.50. The Morgan fingerprint density at radius 3 is 2.65 bits per heavy atom. The molecule has 0 radical (unpaired) electrons. The van der Waals surface area contributed by atoms with Crippen LogP contribution in [0.1, 0.15) is 37.0 Å². The van der Waals surface area contributed by atoms with E-state index in [4.69, 9.17) is 4.98 Å². The number of nitrogens with one attached hydrogen (secondary N) is 1. The van der Waals surface area contributed by atoms with E-state index in [0.717, 1.165) is 40.7 Å². The van der Waals surface area contributed by atoms with Gasteiger partial charge in [-0.2, -0.15) is 0 Å². The number of pyridine rings is 1. The van der Waals surface area contributed by atoms with Crippen molar-refractivity contribution in [3.8, 4) is 11.3 Å². The number of aryl methyl sites for hydroxylation is 1. The van der Waals surface area contributed by atoms with Gasteiger partial charge in [0.25, 0.3) is 0 Å². The van der Waals surface area contributed by atoms with Crippen molar-refractivity contribution in [2.45, 2.75) is 38.8 Å². The van der Waals surface area contributed by atoms with Gasteiger partial charge in [0, 0.05) is 17.0 Å². The lowest BCUT2D eigenvalue weighted by Crippen LogP contribution is -2.41. The van der Waals surface area contributed by atoms with E-state index >= 15 is 0 Å². The van der Waals surface area contributed by atoms with Crippen molar-refractivity contribution in [3.63, 3.8) is 0 Å². The molecule has 2 N–H and O–H groups in total. The summed E-state index contributed by atoms with van der Waals surface area (Å²) in [6, 6.07) is 18.7. The lowest BCUT2D eigenvalue weighted by molar-refractivity contribution is 0.103. The Labute approximate surface area is 155 Å². The Hall–Kier alpha value is -2.23. The summed E-state index contributed by atoms with van der Waals surface area (Å²) in [5.41, 5.74) is 5.14. The molecule has 1 aliphatic heterocycles. The van der Waals surface area contributed by atoms with Gasteiger partial charge in [0.15, 0.2) is 0 Å². The topological polar surface area (TPSA) is 45.1 Å². The van der Waals surface area contributed by atoms with E-state index in [1.54, 1.807) is 0 Å². The lowest BCUT2D eigenvalue weighted by atomic mass is 9.87. The number of piperidine rings is 1. The number of aromatic nitrogens is 1. The highest BCUT2D eigenvalue weighted by molar-refractivity contribution is 5.85. The van der Waals surface area contributed by atoms with Gasteiger partial charge in [0.05, 0.1) is 17.3 Å². The molecule has 0 aliphatic carbocycles. The molecule has 0 bridgehead atoms. The monoisotopic (exact) mass is 346 g/mol. The van der Waals surface area contributed by atoms with Crippen LogP contribution in [0, 0.1) is 12.8 Å². The van der Waals surface area contributed by atoms with Crippen molar-refractivity contribution < 1.29 is 5.11 Å². The van der Waals surface area contributed by atoms with Crippen LogP contribution in [-0.2, 0) is 0 Å². The fourth-order valence-corrected chi connectivity index (χ4v) is 3.93. The summed E-state index contributed by atoms with van der Waals surface area (Å²) in [4.78, 5) is 4.85. The number of rotatable bonds is 3. The van der Waals surface area contributed by atoms with E-state index in [0.29, 0.717) is 5.92 Å². The first-order chi connectivity index (χ1) is 12.6. The van der Waals surface area contributed by atoms with Crippen LogP contribution in [0.2, 0.25) is 0 Å². The Balaban J connectivity index is 1.80. The molecule has 4 rings (SSSR count). The Bertz CT molecular complexity index is 904. The fraction of sp³-hybridized carbons (Fsp3) is 0.348. The summed E-state index contributed by atoms with van der Waals surface area (Å²) in [5.74, 6) is 0.639. The number of fused-ring (bicyclic) bond motifs is 1. The molecule has 26 heavy (non-hydrogen) atoms. The molecule has 0 amide bonds. The normalized spacial score (nSPS) is 21.7. The second kappa shape index (κ2) is 7.18. The molecule has 0 spiro atoms. The third-order valence-corrected chi connectivity index (χ3v) is 5.50. The van der Waals surface area contributed by atoms with E-state index in [-0.39, 0.29) is 6.04 Å². The average molecular weight is 346 g/mol. The minimum absolute atomic E-state index is 0.0930. The molecular weight excluding hydrogens is 320 g/mol. The second-order valence-electron chi connectivity index (χ2n) is 7.61. The number of hydrogen-bond donors (Lipinski definition) is 2. The summed E-state index contributed by atoms with van der Waals surface area (Å²) in [5, 5.41) is 15.7. The largest absolute Gasteiger partial charge is 0.387 e. The van der Waals surface area contributed by atoms with Crippen molar-refractivity contribution in [1.29, 1.82) is 0 Å². The van der Waals surface area contributed by atoms with E-state index < -0.39 is 6.10 Å². The molecule has 0 saturated carbocycles. The minimum Gasteiger partial charge on any atom is -0.387 e. The van der Waals surface area contributed by atoms with Crippen molar-refractivity contribution >= 4 is 10.9 Å².